The first kappa shape index (κ1) is 12.8. The molecule has 0 radical (unpaired) electrons. The van der Waals surface area contributed by atoms with E-state index in [1.54, 1.807) is 0 Å². The Morgan fingerprint density at radius 3 is 2.67 bits per heavy atom. The van der Waals surface area contributed by atoms with Gasteiger partial charge in [0.2, 0.25) is 0 Å². The minimum absolute atomic E-state index is 0.115. The highest BCUT2D eigenvalue weighted by atomic mass is 35.5. The Labute approximate surface area is 108 Å². The lowest BCUT2D eigenvalue weighted by atomic mass is 10.1. The summed E-state index contributed by atoms with van der Waals surface area (Å²) in [5.74, 6) is -1.53. The lowest BCUT2D eigenvalue weighted by molar-refractivity contribution is -0.141. The summed E-state index contributed by atoms with van der Waals surface area (Å²) in [5, 5.41) is 19.1. The van der Waals surface area contributed by atoms with Crippen LogP contribution in [-0.4, -0.2) is 33.2 Å². The number of carbonyl (C=O) groups is 2. The van der Waals surface area contributed by atoms with Gasteiger partial charge in [-0.05, 0) is 31.4 Å². The van der Waals surface area contributed by atoms with Crippen molar-refractivity contribution in [3.05, 3.63) is 23.0 Å². The third-order valence-corrected chi connectivity index (χ3v) is 3.18. The van der Waals surface area contributed by atoms with E-state index in [0.29, 0.717) is 19.3 Å². The van der Waals surface area contributed by atoms with Gasteiger partial charge in [-0.2, -0.15) is 0 Å². The minimum atomic E-state index is -0.807. The second-order valence-corrected chi connectivity index (χ2v) is 4.65. The molecule has 18 heavy (non-hydrogen) atoms. The zero-order valence-electron chi connectivity index (χ0n) is 9.47. The number of aromatic nitrogens is 2. The van der Waals surface area contributed by atoms with Crippen molar-refractivity contribution < 1.29 is 14.7 Å². The molecular weight excluding hydrogens is 258 g/mol. The van der Waals surface area contributed by atoms with Crippen molar-refractivity contribution >= 4 is 23.5 Å². The Morgan fingerprint density at radius 1 is 1.33 bits per heavy atom. The standard InChI is InChI=1S/C11H12ClN3O3/c12-9-4-3-8(14-15-9)10(16)13-7-2-1-6(5-7)11(17)18/h3-4,6-7H,1-2,5H2,(H,13,16)(H,17,18). The summed E-state index contributed by atoms with van der Waals surface area (Å²) >= 11 is 5.57. The molecule has 0 spiro atoms. The molecule has 2 unspecified atom stereocenters. The average molecular weight is 270 g/mol. The summed E-state index contributed by atoms with van der Waals surface area (Å²) in [4.78, 5) is 22.6. The Balaban J connectivity index is 1.92. The molecule has 1 aliphatic rings. The van der Waals surface area contributed by atoms with Gasteiger partial charge in [0.05, 0.1) is 5.92 Å². The van der Waals surface area contributed by atoms with Gasteiger partial charge in [-0.1, -0.05) is 11.6 Å². The molecule has 1 aliphatic carbocycles. The van der Waals surface area contributed by atoms with Crippen LogP contribution in [0.15, 0.2) is 12.1 Å². The third-order valence-electron chi connectivity index (χ3n) is 2.98. The summed E-state index contributed by atoms with van der Waals surface area (Å²) in [5.41, 5.74) is 0.179. The van der Waals surface area contributed by atoms with Crippen molar-refractivity contribution in [2.24, 2.45) is 5.92 Å². The summed E-state index contributed by atoms with van der Waals surface area (Å²) in [6.07, 6.45) is 1.72. The van der Waals surface area contributed by atoms with Gasteiger partial charge in [-0.15, -0.1) is 10.2 Å². The van der Waals surface area contributed by atoms with Crippen molar-refractivity contribution in [3.63, 3.8) is 0 Å². The van der Waals surface area contributed by atoms with Crippen LogP contribution in [0.25, 0.3) is 0 Å². The molecule has 0 bridgehead atoms. The zero-order chi connectivity index (χ0) is 13.1. The van der Waals surface area contributed by atoms with Crippen molar-refractivity contribution in [2.45, 2.75) is 25.3 Å². The quantitative estimate of drug-likeness (QED) is 0.858. The Morgan fingerprint density at radius 2 is 2.11 bits per heavy atom. The maximum absolute atomic E-state index is 11.8. The lowest BCUT2D eigenvalue weighted by Crippen LogP contribution is -2.34. The summed E-state index contributed by atoms with van der Waals surface area (Å²) in [6, 6.07) is 2.85. The largest absolute Gasteiger partial charge is 0.481 e. The van der Waals surface area contributed by atoms with Gasteiger partial charge in [0, 0.05) is 6.04 Å². The Hall–Kier alpha value is -1.69. The summed E-state index contributed by atoms with van der Waals surface area (Å²) < 4.78 is 0. The van der Waals surface area contributed by atoms with Crippen LogP contribution in [0.4, 0.5) is 0 Å². The Kier molecular flexibility index (Phi) is 3.76. The molecule has 1 aromatic rings. The molecule has 2 atom stereocenters. The molecule has 96 valence electrons. The first-order valence-corrected chi connectivity index (χ1v) is 5.97. The molecule has 0 aromatic carbocycles. The van der Waals surface area contributed by atoms with Crippen molar-refractivity contribution in [3.8, 4) is 0 Å². The second kappa shape index (κ2) is 5.30. The van der Waals surface area contributed by atoms with E-state index in [1.165, 1.54) is 12.1 Å². The van der Waals surface area contributed by atoms with Crippen LogP contribution >= 0.6 is 11.6 Å². The number of halogens is 1. The molecule has 6 nitrogen and oxygen atoms in total. The maximum atomic E-state index is 11.8. The van der Waals surface area contributed by atoms with E-state index in [-0.39, 0.29) is 28.7 Å². The van der Waals surface area contributed by atoms with E-state index < -0.39 is 5.97 Å². The smallest absolute Gasteiger partial charge is 0.306 e. The van der Waals surface area contributed by atoms with Gasteiger partial charge in [-0.25, -0.2) is 0 Å². The van der Waals surface area contributed by atoms with Crippen LogP contribution in [0, 0.1) is 5.92 Å². The molecule has 1 aromatic heterocycles. The number of hydrogen-bond donors (Lipinski definition) is 2. The molecule has 1 saturated carbocycles. The highest BCUT2D eigenvalue weighted by Crippen LogP contribution is 2.25. The topological polar surface area (TPSA) is 92.2 Å². The van der Waals surface area contributed by atoms with Gasteiger partial charge >= 0.3 is 5.97 Å². The van der Waals surface area contributed by atoms with E-state index in [2.05, 4.69) is 15.5 Å². The van der Waals surface area contributed by atoms with Gasteiger partial charge in [0.15, 0.2) is 10.8 Å². The molecule has 1 amide bonds. The second-order valence-electron chi connectivity index (χ2n) is 4.26. The fourth-order valence-corrected chi connectivity index (χ4v) is 2.13. The SMILES string of the molecule is O=C(NC1CCC(C(=O)O)C1)c1ccc(Cl)nn1. The van der Waals surface area contributed by atoms with Gasteiger partial charge in [-0.3, -0.25) is 9.59 Å². The highest BCUT2D eigenvalue weighted by molar-refractivity contribution is 6.29. The molecule has 1 heterocycles. The van der Waals surface area contributed by atoms with Gasteiger partial charge in [0.1, 0.15) is 0 Å². The van der Waals surface area contributed by atoms with Crippen LogP contribution in [-0.2, 0) is 4.79 Å². The number of hydrogen-bond acceptors (Lipinski definition) is 4. The number of carboxylic acid groups (broad SMARTS) is 1. The molecule has 0 saturated heterocycles. The first-order valence-electron chi connectivity index (χ1n) is 5.59. The molecule has 2 N–H and O–H groups in total. The number of nitrogens with zero attached hydrogens (tertiary/aromatic N) is 2. The number of aliphatic carboxylic acids is 1. The van der Waals surface area contributed by atoms with Crippen LogP contribution in [0.5, 0.6) is 0 Å². The molecule has 2 rings (SSSR count). The van der Waals surface area contributed by atoms with E-state index in [4.69, 9.17) is 16.7 Å². The van der Waals surface area contributed by atoms with Crippen molar-refractivity contribution in [2.75, 3.05) is 0 Å². The van der Waals surface area contributed by atoms with Crippen molar-refractivity contribution in [1.29, 1.82) is 0 Å². The zero-order valence-corrected chi connectivity index (χ0v) is 10.2. The molecule has 0 aliphatic heterocycles. The van der Waals surface area contributed by atoms with Crippen molar-refractivity contribution in [1.82, 2.24) is 15.5 Å². The van der Waals surface area contributed by atoms with Gasteiger partial charge < -0.3 is 10.4 Å². The van der Waals surface area contributed by atoms with Gasteiger partial charge in [0.25, 0.3) is 5.91 Å². The van der Waals surface area contributed by atoms with E-state index in [0.717, 1.165) is 0 Å². The maximum Gasteiger partial charge on any atom is 0.306 e. The number of amides is 1. The minimum Gasteiger partial charge on any atom is -0.481 e. The first-order chi connectivity index (χ1) is 8.56. The molecule has 1 fully saturated rings. The Bertz CT molecular complexity index is 463. The van der Waals surface area contributed by atoms with E-state index in [9.17, 15) is 9.59 Å². The van der Waals surface area contributed by atoms with Crippen LogP contribution in [0.3, 0.4) is 0 Å². The third kappa shape index (κ3) is 2.95. The predicted molar refractivity (Wildman–Crippen MR) is 63.3 cm³/mol. The van der Waals surface area contributed by atoms with Crippen LogP contribution < -0.4 is 5.32 Å². The van der Waals surface area contributed by atoms with E-state index >= 15 is 0 Å². The van der Waals surface area contributed by atoms with E-state index in [1.807, 2.05) is 0 Å². The summed E-state index contributed by atoms with van der Waals surface area (Å²) in [7, 11) is 0. The average Bonchev–Trinajstić information content (AvgIpc) is 2.78. The molecular formula is C11H12ClN3O3. The number of nitrogens with one attached hydrogen (secondary N) is 1. The lowest BCUT2D eigenvalue weighted by Gasteiger charge is -2.11. The number of carboxylic acids is 1. The summed E-state index contributed by atoms with van der Waals surface area (Å²) in [6.45, 7) is 0. The highest BCUT2D eigenvalue weighted by Gasteiger charge is 2.30. The fourth-order valence-electron chi connectivity index (χ4n) is 2.03. The normalized spacial score (nSPS) is 22.7. The monoisotopic (exact) mass is 269 g/mol. The van der Waals surface area contributed by atoms with Crippen LogP contribution in [0.2, 0.25) is 5.15 Å². The predicted octanol–water partition coefficient (Wildman–Crippen LogP) is 1.11. The number of rotatable bonds is 3. The number of carbonyl (C=O) groups excluding carboxylic acids is 1. The van der Waals surface area contributed by atoms with Crippen LogP contribution in [0.1, 0.15) is 29.8 Å². The fraction of sp³-hybridized carbons (Fsp3) is 0.455. The molecule has 7 heteroatoms.